The number of hydrogen-bond donors (Lipinski definition) is 6. The van der Waals surface area contributed by atoms with Crippen LogP contribution in [0.1, 0.15) is 12.5 Å². The molecule has 0 saturated carbocycles. The predicted molar refractivity (Wildman–Crippen MR) is 155 cm³/mol. The highest BCUT2D eigenvalue weighted by atomic mass is 31.2. The molecule has 0 amide bonds. The Morgan fingerprint density at radius 3 is 2.25 bits per heavy atom. The van der Waals surface area contributed by atoms with Crippen LogP contribution in [0.15, 0.2) is 19.0 Å². The van der Waals surface area contributed by atoms with Crippen LogP contribution in [0, 0.1) is 12.3 Å². The first kappa shape index (κ1) is 32.7. The van der Waals surface area contributed by atoms with E-state index < -0.39 is 77.9 Å². The molecule has 3 aliphatic rings. The van der Waals surface area contributed by atoms with Gasteiger partial charge in [-0.3, -0.25) is 27.2 Å². The van der Waals surface area contributed by atoms with E-state index in [4.69, 9.17) is 50.2 Å². The van der Waals surface area contributed by atoms with Crippen molar-refractivity contribution >= 4 is 49.7 Å². The zero-order valence-electron chi connectivity index (χ0n) is 24.1. The van der Waals surface area contributed by atoms with Gasteiger partial charge < -0.3 is 45.7 Å². The van der Waals surface area contributed by atoms with Crippen LogP contribution in [0.5, 0.6) is 5.88 Å². The number of imidazole rings is 2. The number of rotatable bonds is 4. The van der Waals surface area contributed by atoms with E-state index in [9.17, 15) is 29.1 Å². The van der Waals surface area contributed by atoms with Gasteiger partial charge in [-0.2, -0.15) is 9.97 Å². The summed E-state index contributed by atoms with van der Waals surface area (Å²) in [5.74, 6) is 1.98. The highest BCUT2D eigenvalue weighted by Crippen LogP contribution is 2.53. The molecular formula is C23H26N10O13P2. The van der Waals surface area contributed by atoms with Crippen LogP contribution in [0.2, 0.25) is 0 Å². The highest BCUT2D eigenvalue weighted by Gasteiger charge is 2.54. The summed E-state index contributed by atoms with van der Waals surface area (Å²) >= 11 is 0. The average molecular weight is 712 g/mol. The molecule has 3 aliphatic heterocycles. The number of hydrogen-bond acceptors (Lipinski definition) is 19. The maximum absolute atomic E-state index is 13.3. The van der Waals surface area contributed by atoms with Crippen molar-refractivity contribution in [3.05, 3.63) is 19.0 Å². The molecule has 0 aliphatic carbocycles. The minimum atomic E-state index is -5.12. The summed E-state index contributed by atoms with van der Waals surface area (Å²) in [4.78, 5) is 45.8. The molecule has 2 bridgehead atoms. The van der Waals surface area contributed by atoms with Gasteiger partial charge in [-0.1, -0.05) is 5.92 Å². The van der Waals surface area contributed by atoms with Crippen LogP contribution >= 0.6 is 15.6 Å². The van der Waals surface area contributed by atoms with Gasteiger partial charge in [0.1, 0.15) is 48.5 Å². The van der Waals surface area contributed by atoms with Gasteiger partial charge in [0.05, 0.1) is 25.9 Å². The first-order valence-electron chi connectivity index (χ1n) is 13.8. The molecule has 0 radical (unpaired) electrons. The van der Waals surface area contributed by atoms with Gasteiger partial charge in [0.15, 0.2) is 41.7 Å². The topological polar surface area (TPSA) is 319 Å². The van der Waals surface area contributed by atoms with Crippen molar-refractivity contribution in [3.63, 3.8) is 0 Å². The van der Waals surface area contributed by atoms with Crippen molar-refractivity contribution in [2.75, 3.05) is 31.3 Å². The lowest BCUT2D eigenvalue weighted by molar-refractivity contribution is -0.0672. The average Bonchev–Trinajstić information content (AvgIpc) is 3.79. The van der Waals surface area contributed by atoms with Crippen LogP contribution in [-0.4, -0.2) is 115 Å². The van der Waals surface area contributed by atoms with Crippen LogP contribution in [0.25, 0.3) is 22.3 Å². The molecule has 0 spiro atoms. The number of ether oxygens (including phenoxy) is 3. The van der Waals surface area contributed by atoms with Crippen LogP contribution < -0.4 is 16.2 Å². The van der Waals surface area contributed by atoms with Crippen molar-refractivity contribution in [2.45, 2.75) is 49.1 Å². The Bertz CT molecular complexity index is 2010. The van der Waals surface area contributed by atoms with Gasteiger partial charge in [0, 0.05) is 0 Å². The summed E-state index contributed by atoms with van der Waals surface area (Å²) in [5.41, 5.74) is 12.1. The highest BCUT2D eigenvalue weighted by molar-refractivity contribution is 7.47. The Hall–Kier alpha value is -3.88. The normalized spacial score (nSPS) is 35.8. The fourth-order valence-corrected chi connectivity index (χ4v) is 7.37. The van der Waals surface area contributed by atoms with E-state index in [1.54, 1.807) is 0 Å². The molecule has 25 heteroatoms. The van der Waals surface area contributed by atoms with Crippen LogP contribution in [0.4, 0.5) is 11.8 Å². The number of fused-ring (bicyclic) bond motifs is 5. The van der Waals surface area contributed by atoms with E-state index in [1.165, 1.54) is 21.8 Å². The first-order chi connectivity index (χ1) is 22.9. The van der Waals surface area contributed by atoms with E-state index in [2.05, 4.69) is 35.8 Å². The molecule has 0 aromatic carbocycles. The number of terminal acetylenes is 1. The quantitative estimate of drug-likeness (QED) is 0.102. The fourth-order valence-electron chi connectivity index (χ4n) is 5.47. The van der Waals surface area contributed by atoms with Gasteiger partial charge in [-0.15, -0.1) is 6.42 Å². The Morgan fingerprint density at radius 1 is 0.875 bits per heavy atom. The van der Waals surface area contributed by atoms with E-state index >= 15 is 0 Å². The Labute approximate surface area is 267 Å². The Kier molecular flexibility index (Phi) is 8.31. The lowest BCUT2D eigenvalue weighted by Crippen LogP contribution is -2.36. The van der Waals surface area contributed by atoms with E-state index in [0.29, 0.717) is 0 Å². The van der Waals surface area contributed by atoms with Crippen LogP contribution in [-0.2, 0) is 36.7 Å². The maximum atomic E-state index is 13.3. The maximum Gasteiger partial charge on any atom is 0.472 e. The summed E-state index contributed by atoms with van der Waals surface area (Å²) in [6.45, 7) is -1.81. The second-order valence-corrected chi connectivity index (χ2v) is 13.4. The third kappa shape index (κ3) is 5.87. The first-order valence-corrected chi connectivity index (χ1v) is 16.8. The number of aromatic nitrogens is 8. The molecule has 256 valence electrons. The Morgan fingerprint density at radius 2 is 1.52 bits per heavy atom. The van der Waals surface area contributed by atoms with Gasteiger partial charge in [-0.25, -0.2) is 29.1 Å². The second kappa shape index (κ2) is 12.2. The van der Waals surface area contributed by atoms with Crippen molar-refractivity contribution in [1.29, 1.82) is 0 Å². The van der Waals surface area contributed by atoms with Gasteiger partial charge in [0.2, 0.25) is 11.8 Å². The molecule has 10 atom stereocenters. The van der Waals surface area contributed by atoms with E-state index in [0.717, 1.165) is 6.33 Å². The summed E-state index contributed by atoms with van der Waals surface area (Å²) in [6.07, 6.45) is -3.77. The van der Waals surface area contributed by atoms with E-state index in [-0.39, 0.29) is 46.6 Å². The van der Waals surface area contributed by atoms with Crippen molar-refractivity contribution in [3.8, 4) is 18.2 Å². The molecule has 3 saturated heterocycles. The van der Waals surface area contributed by atoms with Crippen molar-refractivity contribution < 1.29 is 61.4 Å². The minimum absolute atomic E-state index is 0.00543. The largest absolute Gasteiger partial charge is 0.472 e. The molecular weight excluding hydrogens is 686 g/mol. The number of nitrogens with zero attached hydrogens (tertiary/aromatic N) is 8. The molecule has 4 aromatic heterocycles. The number of nitrogens with two attached hydrogens (primary N) is 2. The van der Waals surface area contributed by atoms with Crippen LogP contribution in [0.3, 0.4) is 0 Å². The lowest BCUT2D eigenvalue weighted by atomic mass is 10.1. The zero-order chi connectivity index (χ0) is 34.0. The third-order valence-corrected chi connectivity index (χ3v) is 9.54. The van der Waals surface area contributed by atoms with Gasteiger partial charge >= 0.3 is 15.6 Å². The summed E-state index contributed by atoms with van der Waals surface area (Å²) < 4.78 is 67.1. The monoisotopic (exact) mass is 712 g/mol. The molecule has 3 fully saturated rings. The smallest absolute Gasteiger partial charge is 0.463 e. The third-order valence-electron chi connectivity index (χ3n) is 7.57. The fraction of sp³-hybridized carbons (Fsp3) is 0.478. The Balaban J connectivity index is 1.20. The molecule has 48 heavy (non-hydrogen) atoms. The summed E-state index contributed by atoms with van der Waals surface area (Å²) in [5, 5.41) is 22.3. The molecule has 8 N–H and O–H groups in total. The molecule has 23 nitrogen and oxygen atoms in total. The standard InChI is InChI=1S/C23H26N10O13P2/c1-2-3-40-20-12-19(30-23(25)31-20)33(8-29-12)22-16-13(34)9(43-22)4-41-47(36,37)45-15-10(5-42-48(38,39)46-16)44-21(14(15)35)32-7-28-11-17(24)26-6-27-18(11)32/h1,6-10,13-16,21-22,34-35H,3-5H2,(H,36,37)(H,38,39)(H2,24,26,27)(H2,25,30,31)/t9-,10-,13+,14?,15+,16?,21-,22-/m1/s1. The second-order valence-electron chi connectivity index (χ2n) is 10.6. The summed E-state index contributed by atoms with van der Waals surface area (Å²) in [7, 11) is -10.2. The molecule has 7 heterocycles. The van der Waals surface area contributed by atoms with Gasteiger partial charge in [0.25, 0.3) is 0 Å². The number of nitrogen functional groups attached to an aromatic ring is 2. The number of aliphatic hydroxyl groups excluding tert-OH is 2. The number of aliphatic hydroxyl groups is 2. The number of anilines is 2. The predicted octanol–water partition coefficient (Wildman–Crippen LogP) is -1.62. The zero-order valence-corrected chi connectivity index (χ0v) is 25.9. The summed E-state index contributed by atoms with van der Waals surface area (Å²) in [6, 6.07) is 0. The lowest BCUT2D eigenvalue weighted by Gasteiger charge is -2.25. The van der Waals surface area contributed by atoms with E-state index in [1.807, 2.05) is 0 Å². The molecule has 4 unspecified atom stereocenters. The number of phosphoric acid groups is 2. The minimum Gasteiger partial charge on any atom is -0.463 e. The van der Waals surface area contributed by atoms with Gasteiger partial charge in [-0.05, 0) is 0 Å². The van der Waals surface area contributed by atoms with Crippen molar-refractivity contribution in [2.24, 2.45) is 0 Å². The molecule has 4 aromatic rings. The number of phosphoric ester groups is 2. The SMILES string of the molecule is C#CCOc1nc(N)nc2c1ncn2[C@@H]1O[C@@H]2COP(=O)(O)O[C@@H]3C(O)[C@H](n4cnc5c(N)ncnc54)O[C@@H]3COP(=O)(O)OC1[C@H]2O. The van der Waals surface area contributed by atoms with Crippen molar-refractivity contribution in [1.82, 2.24) is 39.0 Å². The molecule has 7 rings (SSSR count).